The van der Waals surface area contributed by atoms with Gasteiger partial charge < -0.3 is 10.2 Å². The van der Waals surface area contributed by atoms with E-state index in [4.69, 9.17) is 0 Å². The van der Waals surface area contributed by atoms with E-state index in [1.54, 1.807) is 6.08 Å². The van der Waals surface area contributed by atoms with Crippen molar-refractivity contribution in [1.29, 1.82) is 0 Å². The molecule has 2 atom stereocenters. The summed E-state index contributed by atoms with van der Waals surface area (Å²) in [4.78, 5) is 16.6. The van der Waals surface area contributed by atoms with E-state index in [0.717, 1.165) is 19.6 Å². The fraction of sp³-hybridized carbons (Fsp3) is 0.526. The number of urea groups is 1. The Balaban J connectivity index is 1.96. The molecule has 23 heavy (non-hydrogen) atoms. The minimum atomic E-state index is -0.00916. The standard InChI is InChI=1S/C19H29N3O/c1-5-11-20-19(23)21(4)18-15(2)12-22(13-16(18)3)14-17-9-7-6-8-10-17/h5-10,15-16,18H,1,11-14H2,2-4H3,(H,20,23)/t15-,16-/m0/s1. The van der Waals surface area contributed by atoms with E-state index in [1.165, 1.54) is 5.56 Å². The fourth-order valence-corrected chi connectivity index (χ4v) is 3.82. The van der Waals surface area contributed by atoms with Crippen molar-refractivity contribution >= 4 is 6.03 Å². The minimum absolute atomic E-state index is 0.00916. The highest BCUT2D eigenvalue weighted by molar-refractivity contribution is 5.74. The molecule has 1 N–H and O–H groups in total. The van der Waals surface area contributed by atoms with Crippen LogP contribution in [0.4, 0.5) is 4.79 Å². The Morgan fingerprint density at radius 3 is 2.48 bits per heavy atom. The van der Waals surface area contributed by atoms with Crippen LogP contribution >= 0.6 is 0 Å². The highest BCUT2D eigenvalue weighted by atomic mass is 16.2. The second-order valence-electron chi connectivity index (χ2n) is 6.71. The summed E-state index contributed by atoms with van der Waals surface area (Å²) in [6.45, 7) is 11.7. The van der Waals surface area contributed by atoms with Gasteiger partial charge in [0.2, 0.25) is 0 Å². The van der Waals surface area contributed by atoms with Gasteiger partial charge in [-0.3, -0.25) is 4.90 Å². The summed E-state index contributed by atoms with van der Waals surface area (Å²) in [7, 11) is 1.91. The Kier molecular flexibility index (Phi) is 6.22. The van der Waals surface area contributed by atoms with Gasteiger partial charge in [-0.1, -0.05) is 50.3 Å². The number of piperidine rings is 1. The molecule has 1 aromatic rings. The number of likely N-dealkylation sites (tertiary alicyclic amines) is 1. The summed E-state index contributed by atoms with van der Waals surface area (Å²) < 4.78 is 0. The topological polar surface area (TPSA) is 35.6 Å². The van der Waals surface area contributed by atoms with E-state index in [0.29, 0.717) is 18.4 Å². The van der Waals surface area contributed by atoms with Gasteiger partial charge in [0.05, 0.1) is 0 Å². The number of nitrogens with one attached hydrogen (secondary N) is 1. The average Bonchev–Trinajstić information content (AvgIpc) is 2.52. The Morgan fingerprint density at radius 1 is 1.30 bits per heavy atom. The van der Waals surface area contributed by atoms with Gasteiger partial charge in [-0.15, -0.1) is 6.58 Å². The Hall–Kier alpha value is -1.81. The van der Waals surface area contributed by atoms with Gasteiger partial charge >= 0.3 is 6.03 Å². The lowest BCUT2D eigenvalue weighted by Crippen LogP contribution is -2.56. The van der Waals surface area contributed by atoms with Crippen molar-refractivity contribution in [3.05, 3.63) is 48.6 Å². The van der Waals surface area contributed by atoms with Gasteiger partial charge in [-0.05, 0) is 17.4 Å². The summed E-state index contributed by atoms with van der Waals surface area (Å²) in [6, 6.07) is 10.8. The number of amides is 2. The third-order valence-electron chi connectivity index (χ3n) is 4.67. The Labute approximate surface area is 140 Å². The van der Waals surface area contributed by atoms with Crippen LogP contribution in [0.2, 0.25) is 0 Å². The second-order valence-corrected chi connectivity index (χ2v) is 6.71. The molecule has 1 aromatic carbocycles. The maximum atomic E-state index is 12.2. The molecule has 0 spiro atoms. The van der Waals surface area contributed by atoms with E-state index < -0.39 is 0 Å². The third kappa shape index (κ3) is 4.58. The molecule has 1 fully saturated rings. The highest BCUT2D eigenvalue weighted by Gasteiger charge is 2.36. The molecule has 1 aliphatic rings. The summed E-state index contributed by atoms with van der Waals surface area (Å²) in [6.07, 6.45) is 1.71. The van der Waals surface area contributed by atoms with E-state index in [-0.39, 0.29) is 12.1 Å². The van der Waals surface area contributed by atoms with Gasteiger partial charge in [0.1, 0.15) is 0 Å². The molecule has 4 nitrogen and oxygen atoms in total. The van der Waals surface area contributed by atoms with Crippen molar-refractivity contribution < 1.29 is 4.79 Å². The van der Waals surface area contributed by atoms with Crippen LogP contribution in [0.25, 0.3) is 0 Å². The van der Waals surface area contributed by atoms with Crippen LogP contribution in [0.1, 0.15) is 19.4 Å². The molecule has 0 unspecified atom stereocenters. The van der Waals surface area contributed by atoms with Crippen LogP contribution in [0.3, 0.4) is 0 Å². The second kappa shape index (κ2) is 8.16. The molecular weight excluding hydrogens is 286 g/mol. The smallest absolute Gasteiger partial charge is 0.317 e. The lowest BCUT2D eigenvalue weighted by Gasteiger charge is -2.45. The van der Waals surface area contributed by atoms with Crippen molar-refractivity contribution in [2.45, 2.75) is 26.4 Å². The van der Waals surface area contributed by atoms with Crippen LogP contribution < -0.4 is 5.32 Å². The lowest BCUT2D eigenvalue weighted by molar-refractivity contribution is 0.0482. The van der Waals surface area contributed by atoms with Crippen molar-refractivity contribution in [3.8, 4) is 0 Å². The maximum absolute atomic E-state index is 12.2. The zero-order chi connectivity index (χ0) is 16.8. The van der Waals surface area contributed by atoms with Gasteiger partial charge in [0.25, 0.3) is 0 Å². The van der Waals surface area contributed by atoms with Gasteiger partial charge in [-0.2, -0.15) is 0 Å². The number of carbonyl (C=O) groups excluding carboxylic acids is 1. The van der Waals surface area contributed by atoms with Crippen LogP contribution in [0.5, 0.6) is 0 Å². The number of carbonyl (C=O) groups is 1. The molecule has 2 rings (SSSR count). The van der Waals surface area contributed by atoms with E-state index >= 15 is 0 Å². The molecule has 1 aliphatic heterocycles. The normalized spacial score (nSPS) is 22.6. The van der Waals surface area contributed by atoms with Gasteiger partial charge in [0, 0.05) is 39.3 Å². The molecule has 0 radical (unpaired) electrons. The quantitative estimate of drug-likeness (QED) is 0.848. The number of benzene rings is 1. The molecule has 1 saturated heterocycles. The van der Waals surface area contributed by atoms with Crippen LogP contribution in [0.15, 0.2) is 43.0 Å². The van der Waals surface area contributed by atoms with E-state index in [9.17, 15) is 4.79 Å². The Morgan fingerprint density at radius 2 is 1.91 bits per heavy atom. The van der Waals surface area contributed by atoms with Crippen molar-refractivity contribution in [2.24, 2.45) is 11.8 Å². The molecular formula is C19H29N3O. The third-order valence-corrected chi connectivity index (χ3v) is 4.67. The number of hydrogen-bond acceptors (Lipinski definition) is 2. The molecule has 2 amide bonds. The first-order valence-corrected chi connectivity index (χ1v) is 8.40. The number of nitrogens with zero attached hydrogens (tertiary/aromatic N) is 2. The molecule has 0 bridgehead atoms. The number of rotatable bonds is 5. The molecule has 0 saturated carbocycles. The first-order chi connectivity index (χ1) is 11.0. The molecule has 126 valence electrons. The molecule has 1 heterocycles. The van der Waals surface area contributed by atoms with Crippen molar-refractivity contribution in [3.63, 3.8) is 0 Å². The summed E-state index contributed by atoms with van der Waals surface area (Å²) in [5.41, 5.74) is 1.35. The zero-order valence-electron chi connectivity index (χ0n) is 14.5. The SMILES string of the molecule is C=CCNC(=O)N(C)C1[C@@H](C)CN(Cc2ccccc2)C[C@@H]1C. The maximum Gasteiger partial charge on any atom is 0.317 e. The van der Waals surface area contributed by atoms with Crippen LogP contribution in [0, 0.1) is 11.8 Å². The van der Waals surface area contributed by atoms with Crippen molar-refractivity contribution in [2.75, 3.05) is 26.7 Å². The van der Waals surface area contributed by atoms with E-state index in [2.05, 4.69) is 61.0 Å². The molecule has 0 aliphatic carbocycles. The van der Waals surface area contributed by atoms with Crippen LogP contribution in [-0.4, -0.2) is 48.6 Å². The zero-order valence-corrected chi connectivity index (χ0v) is 14.5. The first kappa shape index (κ1) is 17.5. The average molecular weight is 315 g/mol. The molecule has 4 heteroatoms. The number of hydrogen-bond donors (Lipinski definition) is 1. The Bertz CT molecular complexity index is 505. The first-order valence-electron chi connectivity index (χ1n) is 8.40. The lowest BCUT2D eigenvalue weighted by atomic mass is 9.84. The van der Waals surface area contributed by atoms with Gasteiger partial charge in [0.15, 0.2) is 0 Å². The van der Waals surface area contributed by atoms with E-state index in [1.807, 2.05) is 11.9 Å². The van der Waals surface area contributed by atoms with Crippen LogP contribution in [-0.2, 0) is 6.54 Å². The summed E-state index contributed by atoms with van der Waals surface area (Å²) in [5, 5.41) is 2.88. The predicted octanol–water partition coefficient (Wildman–Crippen LogP) is 2.97. The summed E-state index contributed by atoms with van der Waals surface area (Å²) >= 11 is 0. The van der Waals surface area contributed by atoms with Crippen molar-refractivity contribution in [1.82, 2.24) is 15.1 Å². The minimum Gasteiger partial charge on any atom is -0.335 e. The monoisotopic (exact) mass is 315 g/mol. The largest absolute Gasteiger partial charge is 0.335 e. The fourth-order valence-electron chi connectivity index (χ4n) is 3.82. The predicted molar refractivity (Wildman–Crippen MR) is 95.2 cm³/mol. The van der Waals surface area contributed by atoms with Gasteiger partial charge in [-0.25, -0.2) is 4.79 Å². The summed E-state index contributed by atoms with van der Waals surface area (Å²) in [5.74, 6) is 0.892. The molecule has 0 aromatic heterocycles. The highest BCUT2D eigenvalue weighted by Crippen LogP contribution is 2.27.